The molecule has 0 aliphatic rings. The molecule has 4 aromatic rings. The van der Waals surface area contributed by atoms with Crippen molar-refractivity contribution in [3.05, 3.63) is 120 Å². The summed E-state index contributed by atoms with van der Waals surface area (Å²) in [4.78, 5) is 29.1. The third kappa shape index (κ3) is 7.06. The van der Waals surface area contributed by atoms with Gasteiger partial charge in [0.15, 0.2) is 0 Å². The molecule has 0 aromatic heterocycles. The van der Waals surface area contributed by atoms with Gasteiger partial charge in [-0.25, -0.2) is 4.39 Å². The van der Waals surface area contributed by atoms with Crippen LogP contribution >= 0.6 is 0 Å². The SMILES string of the molecule is CC[C@H](C)NC(=O)[C@@H](Cc1ccccc1)N(Cc1ccc(F)cc1)C(=O)CCc1cccc2ccccc12. The molecule has 4 rings (SSSR count). The predicted octanol–water partition coefficient (Wildman–Crippen LogP) is 6.47. The van der Waals surface area contributed by atoms with Gasteiger partial charge < -0.3 is 10.2 Å². The zero-order valence-corrected chi connectivity index (χ0v) is 22.1. The Bertz CT molecular complexity index is 1350. The third-order valence-electron chi connectivity index (χ3n) is 7.03. The molecule has 0 saturated carbocycles. The molecule has 196 valence electrons. The average Bonchev–Trinajstić information content (AvgIpc) is 2.95. The van der Waals surface area contributed by atoms with Gasteiger partial charge in [0.05, 0.1) is 0 Å². The van der Waals surface area contributed by atoms with Gasteiger partial charge in [-0.3, -0.25) is 9.59 Å². The van der Waals surface area contributed by atoms with Crippen LogP contribution in [0.2, 0.25) is 0 Å². The molecule has 2 amide bonds. The lowest BCUT2D eigenvalue weighted by Gasteiger charge is -2.32. The number of amides is 2. The lowest BCUT2D eigenvalue weighted by Crippen LogP contribution is -2.52. The molecule has 38 heavy (non-hydrogen) atoms. The van der Waals surface area contributed by atoms with Crippen LogP contribution in [0, 0.1) is 5.82 Å². The van der Waals surface area contributed by atoms with Gasteiger partial charge in [-0.15, -0.1) is 0 Å². The molecule has 0 radical (unpaired) electrons. The fourth-order valence-corrected chi connectivity index (χ4v) is 4.68. The normalized spacial score (nSPS) is 12.6. The van der Waals surface area contributed by atoms with E-state index in [1.807, 2.05) is 62.4 Å². The van der Waals surface area contributed by atoms with E-state index in [2.05, 4.69) is 29.6 Å². The molecule has 0 bridgehead atoms. The van der Waals surface area contributed by atoms with Crippen molar-refractivity contribution in [2.75, 3.05) is 0 Å². The number of carbonyl (C=O) groups is 2. The number of hydrogen-bond acceptors (Lipinski definition) is 2. The standard InChI is InChI=1S/C33H35FN2O2/c1-3-24(2)35-33(38)31(22-25-10-5-4-6-11-25)36(23-26-16-19-29(34)20-17-26)32(37)21-18-28-14-9-13-27-12-7-8-15-30(27)28/h4-17,19-20,24,31H,3,18,21-23H2,1-2H3,(H,35,38)/t24-,31+/m0/s1. The highest BCUT2D eigenvalue weighted by atomic mass is 19.1. The Balaban J connectivity index is 1.64. The smallest absolute Gasteiger partial charge is 0.243 e. The van der Waals surface area contributed by atoms with Gasteiger partial charge in [0.1, 0.15) is 11.9 Å². The van der Waals surface area contributed by atoms with Crippen LogP contribution < -0.4 is 5.32 Å². The Morgan fingerprint density at radius 2 is 1.53 bits per heavy atom. The molecule has 0 spiro atoms. The minimum Gasteiger partial charge on any atom is -0.352 e. The third-order valence-corrected chi connectivity index (χ3v) is 7.03. The summed E-state index contributed by atoms with van der Waals surface area (Å²) in [5.41, 5.74) is 2.85. The van der Waals surface area contributed by atoms with Crippen LogP contribution in [0.4, 0.5) is 4.39 Å². The van der Waals surface area contributed by atoms with Crippen molar-refractivity contribution in [1.82, 2.24) is 10.2 Å². The van der Waals surface area contributed by atoms with E-state index in [-0.39, 0.29) is 36.6 Å². The van der Waals surface area contributed by atoms with E-state index in [9.17, 15) is 14.0 Å². The first-order chi connectivity index (χ1) is 18.4. The average molecular weight is 511 g/mol. The molecular formula is C33H35FN2O2. The maximum Gasteiger partial charge on any atom is 0.243 e. The number of hydrogen-bond donors (Lipinski definition) is 1. The van der Waals surface area contributed by atoms with Gasteiger partial charge in [-0.2, -0.15) is 0 Å². The second kappa shape index (κ2) is 13.0. The molecule has 1 N–H and O–H groups in total. The van der Waals surface area contributed by atoms with Crippen molar-refractivity contribution in [3.63, 3.8) is 0 Å². The summed E-state index contributed by atoms with van der Waals surface area (Å²) in [7, 11) is 0. The molecule has 2 atom stereocenters. The summed E-state index contributed by atoms with van der Waals surface area (Å²) < 4.78 is 13.6. The van der Waals surface area contributed by atoms with Crippen LogP contribution in [0.3, 0.4) is 0 Å². The van der Waals surface area contributed by atoms with Crippen molar-refractivity contribution in [2.24, 2.45) is 0 Å². The molecular weight excluding hydrogens is 475 g/mol. The summed E-state index contributed by atoms with van der Waals surface area (Å²) in [6.45, 7) is 4.20. The maximum atomic E-state index is 13.9. The highest BCUT2D eigenvalue weighted by molar-refractivity contribution is 5.89. The Kier molecular flexibility index (Phi) is 9.26. The van der Waals surface area contributed by atoms with Crippen LogP contribution in [-0.4, -0.2) is 28.8 Å². The number of aryl methyl sites for hydroxylation is 1. The number of benzene rings is 4. The zero-order chi connectivity index (χ0) is 26.9. The summed E-state index contributed by atoms with van der Waals surface area (Å²) >= 11 is 0. The number of halogens is 1. The first kappa shape index (κ1) is 27.1. The fourth-order valence-electron chi connectivity index (χ4n) is 4.68. The molecule has 4 nitrogen and oxygen atoms in total. The van der Waals surface area contributed by atoms with Crippen molar-refractivity contribution in [1.29, 1.82) is 0 Å². The van der Waals surface area contributed by atoms with E-state index in [1.165, 1.54) is 12.1 Å². The van der Waals surface area contributed by atoms with E-state index in [4.69, 9.17) is 0 Å². The summed E-state index contributed by atoms with van der Waals surface area (Å²) in [6.07, 6.45) is 2.00. The monoisotopic (exact) mass is 510 g/mol. The quantitative estimate of drug-likeness (QED) is 0.252. The summed E-state index contributed by atoms with van der Waals surface area (Å²) in [6, 6.07) is 29.4. The summed E-state index contributed by atoms with van der Waals surface area (Å²) in [5.74, 6) is -0.621. The number of carbonyl (C=O) groups excluding carboxylic acids is 2. The molecule has 0 aliphatic carbocycles. The van der Waals surface area contributed by atoms with Crippen LogP contribution in [0.1, 0.15) is 43.4 Å². The van der Waals surface area contributed by atoms with Gasteiger partial charge in [0, 0.05) is 25.4 Å². The molecule has 5 heteroatoms. The molecule has 0 unspecified atom stereocenters. The van der Waals surface area contributed by atoms with Crippen molar-refractivity contribution < 1.29 is 14.0 Å². The number of nitrogens with one attached hydrogen (secondary N) is 1. The Hall–Kier alpha value is -3.99. The zero-order valence-electron chi connectivity index (χ0n) is 22.1. The van der Waals surface area contributed by atoms with Crippen molar-refractivity contribution in [3.8, 4) is 0 Å². The number of nitrogens with zero attached hydrogens (tertiary/aromatic N) is 1. The van der Waals surface area contributed by atoms with Crippen molar-refractivity contribution >= 4 is 22.6 Å². The molecule has 4 aromatic carbocycles. The minimum atomic E-state index is -0.698. The fraction of sp³-hybridized carbons (Fsp3) is 0.273. The van der Waals surface area contributed by atoms with Crippen LogP contribution in [0.25, 0.3) is 10.8 Å². The lowest BCUT2D eigenvalue weighted by atomic mass is 9.99. The number of fused-ring (bicyclic) bond motifs is 1. The minimum absolute atomic E-state index is 0.0146. The topological polar surface area (TPSA) is 49.4 Å². The number of rotatable bonds is 11. The largest absolute Gasteiger partial charge is 0.352 e. The van der Waals surface area contributed by atoms with E-state index in [0.717, 1.165) is 33.9 Å². The highest BCUT2D eigenvalue weighted by Crippen LogP contribution is 2.22. The van der Waals surface area contributed by atoms with E-state index in [0.29, 0.717) is 12.8 Å². The van der Waals surface area contributed by atoms with Gasteiger partial charge >= 0.3 is 0 Å². The highest BCUT2D eigenvalue weighted by Gasteiger charge is 2.30. The van der Waals surface area contributed by atoms with E-state index in [1.54, 1.807) is 17.0 Å². The maximum absolute atomic E-state index is 13.9. The molecule has 0 saturated heterocycles. The van der Waals surface area contributed by atoms with E-state index >= 15 is 0 Å². The first-order valence-corrected chi connectivity index (χ1v) is 13.3. The van der Waals surface area contributed by atoms with Crippen molar-refractivity contribution in [2.45, 2.75) is 58.2 Å². The Morgan fingerprint density at radius 3 is 2.26 bits per heavy atom. The van der Waals surface area contributed by atoms with Crippen LogP contribution in [0.15, 0.2) is 97.1 Å². The second-order valence-electron chi connectivity index (χ2n) is 9.81. The van der Waals surface area contributed by atoms with Gasteiger partial charge in [-0.1, -0.05) is 91.9 Å². The van der Waals surface area contributed by atoms with Crippen LogP contribution in [-0.2, 0) is 29.0 Å². The van der Waals surface area contributed by atoms with Gasteiger partial charge in [-0.05, 0) is 59.4 Å². The van der Waals surface area contributed by atoms with Gasteiger partial charge in [0.2, 0.25) is 11.8 Å². The lowest BCUT2D eigenvalue weighted by molar-refractivity contribution is -0.141. The second-order valence-corrected chi connectivity index (χ2v) is 9.81. The Labute approximate surface area is 224 Å². The molecule has 0 heterocycles. The first-order valence-electron chi connectivity index (χ1n) is 13.3. The predicted molar refractivity (Wildman–Crippen MR) is 151 cm³/mol. The van der Waals surface area contributed by atoms with E-state index < -0.39 is 6.04 Å². The Morgan fingerprint density at radius 1 is 0.842 bits per heavy atom. The van der Waals surface area contributed by atoms with Crippen LogP contribution in [0.5, 0.6) is 0 Å². The summed E-state index contributed by atoms with van der Waals surface area (Å²) in [5, 5.41) is 5.35. The molecule has 0 aliphatic heterocycles. The van der Waals surface area contributed by atoms with Gasteiger partial charge in [0.25, 0.3) is 0 Å². The molecule has 0 fully saturated rings.